The van der Waals surface area contributed by atoms with Crippen LogP contribution in [0.1, 0.15) is 23.1 Å². The fourth-order valence-electron chi connectivity index (χ4n) is 1.18. The molecule has 0 heterocycles. The van der Waals surface area contributed by atoms with Crippen molar-refractivity contribution in [2.75, 3.05) is 0 Å². The monoisotopic (exact) mass is 204 g/mol. The zero-order valence-electron chi connectivity index (χ0n) is 8.45. The van der Waals surface area contributed by atoms with Crippen molar-refractivity contribution in [2.24, 2.45) is 0 Å². The Kier molecular flexibility index (Phi) is 3.90. The summed E-state index contributed by atoms with van der Waals surface area (Å²) in [6.45, 7) is 1.88. The summed E-state index contributed by atoms with van der Waals surface area (Å²) >= 11 is 0. The summed E-state index contributed by atoms with van der Waals surface area (Å²) < 4.78 is 0. The van der Waals surface area contributed by atoms with E-state index in [4.69, 9.17) is 10.2 Å². The molecule has 0 atom stereocenters. The molecule has 15 heavy (non-hydrogen) atoms. The highest BCUT2D eigenvalue weighted by Crippen LogP contribution is 2.09. The molecule has 0 aliphatic carbocycles. The van der Waals surface area contributed by atoms with Gasteiger partial charge in [-0.25, -0.2) is 0 Å². The molecule has 0 aromatic heterocycles. The second-order valence-electron chi connectivity index (χ2n) is 3.18. The van der Waals surface area contributed by atoms with Crippen LogP contribution in [0.25, 0.3) is 0 Å². The standard InChI is InChI=1S/C12H12O3/c1-9-7-10(8-13)5-6-11(9)3-2-4-12(14)15/h5-7,13H,4,8H2,1H3,(H,14,15). The van der Waals surface area contributed by atoms with Crippen LogP contribution in [0.2, 0.25) is 0 Å². The van der Waals surface area contributed by atoms with Crippen LogP contribution >= 0.6 is 0 Å². The third-order valence-corrected chi connectivity index (χ3v) is 1.94. The highest BCUT2D eigenvalue weighted by molar-refractivity contribution is 5.70. The molecule has 1 rings (SSSR count). The van der Waals surface area contributed by atoms with E-state index in [1.54, 1.807) is 12.1 Å². The molecule has 0 aliphatic rings. The molecule has 0 amide bonds. The summed E-state index contributed by atoms with van der Waals surface area (Å²) in [5, 5.41) is 17.3. The summed E-state index contributed by atoms with van der Waals surface area (Å²) in [5.41, 5.74) is 2.57. The maximum absolute atomic E-state index is 10.2. The van der Waals surface area contributed by atoms with Crippen molar-refractivity contribution in [1.29, 1.82) is 0 Å². The number of rotatable bonds is 2. The maximum Gasteiger partial charge on any atom is 0.315 e. The van der Waals surface area contributed by atoms with Gasteiger partial charge in [0.15, 0.2) is 0 Å². The van der Waals surface area contributed by atoms with E-state index in [0.29, 0.717) is 0 Å². The normalized spacial score (nSPS) is 9.20. The molecule has 0 unspecified atom stereocenters. The zero-order valence-corrected chi connectivity index (χ0v) is 8.45. The Hall–Kier alpha value is -1.79. The Balaban J connectivity index is 2.85. The second kappa shape index (κ2) is 5.18. The number of aliphatic hydroxyl groups excluding tert-OH is 1. The minimum atomic E-state index is -0.924. The molecule has 1 aromatic carbocycles. The lowest BCUT2D eigenvalue weighted by Crippen LogP contribution is -1.91. The van der Waals surface area contributed by atoms with Gasteiger partial charge < -0.3 is 10.2 Å². The molecule has 0 radical (unpaired) electrons. The summed E-state index contributed by atoms with van der Waals surface area (Å²) in [5.74, 6) is 4.43. The predicted octanol–water partition coefficient (Wildman–Crippen LogP) is 1.31. The lowest BCUT2D eigenvalue weighted by atomic mass is 10.1. The van der Waals surface area contributed by atoms with Gasteiger partial charge in [-0.1, -0.05) is 24.0 Å². The third-order valence-electron chi connectivity index (χ3n) is 1.94. The van der Waals surface area contributed by atoms with Gasteiger partial charge in [0, 0.05) is 5.56 Å². The van der Waals surface area contributed by atoms with Gasteiger partial charge in [-0.15, -0.1) is 0 Å². The van der Waals surface area contributed by atoms with Crippen molar-refractivity contribution in [1.82, 2.24) is 0 Å². The molecule has 0 spiro atoms. The quantitative estimate of drug-likeness (QED) is 0.714. The van der Waals surface area contributed by atoms with Gasteiger partial charge in [0.2, 0.25) is 0 Å². The molecule has 0 fully saturated rings. The van der Waals surface area contributed by atoms with Gasteiger partial charge in [-0.2, -0.15) is 0 Å². The number of aliphatic carboxylic acids is 1. The first-order chi connectivity index (χ1) is 7.13. The Morgan fingerprint density at radius 2 is 2.20 bits per heavy atom. The largest absolute Gasteiger partial charge is 0.481 e. The molecule has 2 N–H and O–H groups in total. The maximum atomic E-state index is 10.2. The van der Waals surface area contributed by atoms with Crippen molar-refractivity contribution in [3.8, 4) is 11.8 Å². The van der Waals surface area contributed by atoms with Crippen LogP contribution in [-0.4, -0.2) is 16.2 Å². The number of aliphatic hydroxyl groups is 1. The number of carboxylic acids is 1. The van der Waals surface area contributed by atoms with Crippen LogP contribution in [0.3, 0.4) is 0 Å². The van der Waals surface area contributed by atoms with Gasteiger partial charge in [-0.05, 0) is 24.1 Å². The summed E-state index contributed by atoms with van der Waals surface area (Å²) in [4.78, 5) is 10.2. The number of hydrogen-bond acceptors (Lipinski definition) is 2. The second-order valence-corrected chi connectivity index (χ2v) is 3.18. The minimum Gasteiger partial charge on any atom is -0.481 e. The lowest BCUT2D eigenvalue weighted by Gasteiger charge is -2.00. The minimum absolute atomic E-state index is 0.00365. The van der Waals surface area contributed by atoms with E-state index in [9.17, 15) is 4.79 Å². The Morgan fingerprint density at radius 3 is 2.73 bits per heavy atom. The molecule has 3 heteroatoms. The molecule has 0 aliphatic heterocycles. The van der Waals surface area contributed by atoms with E-state index in [2.05, 4.69) is 11.8 Å². The number of hydrogen-bond donors (Lipinski definition) is 2. The summed E-state index contributed by atoms with van der Waals surface area (Å²) in [6.07, 6.45) is -0.152. The van der Waals surface area contributed by atoms with Crippen LogP contribution in [0.15, 0.2) is 18.2 Å². The van der Waals surface area contributed by atoms with E-state index in [-0.39, 0.29) is 13.0 Å². The Bertz CT molecular complexity index is 424. The summed E-state index contributed by atoms with van der Waals surface area (Å²) in [6, 6.07) is 5.40. The molecular weight excluding hydrogens is 192 g/mol. The topological polar surface area (TPSA) is 57.5 Å². The molecule has 1 aromatic rings. The van der Waals surface area contributed by atoms with Crippen LogP contribution in [-0.2, 0) is 11.4 Å². The van der Waals surface area contributed by atoms with Gasteiger partial charge in [0.1, 0.15) is 6.42 Å². The smallest absolute Gasteiger partial charge is 0.315 e. The first-order valence-corrected chi connectivity index (χ1v) is 4.54. The molecule has 3 nitrogen and oxygen atoms in total. The van der Waals surface area contributed by atoms with E-state index < -0.39 is 5.97 Å². The lowest BCUT2D eigenvalue weighted by molar-refractivity contribution is -0.135. The Labute approximate surface area is 88.4 Å². The van der Waals surface area contributed by atoms with Gasteiger partial charge in [0.25, 0.3) is 0 Å². The fourth-order valence-corrected chi connectivity index (χ4v) is 1.18. The Morgan fingerprint density at radius 1 is 1.47 bits per heavy atom. The highest BCUT2D eigenvalue weighted by atomic mass is 16.4. The average molecular weight is 204 g/mol. The first-order valence-electron chi connectivity index (χ1n) is 4.54. The molecule has 0 bridgehead atoms. The van der Waals surface area contributed by atoms with Crippen molar-refractivity contribution < 1.29 is 15.0 Å². The zero-order chi connectivity index (χ0) is 11.3. The van der Waals surface area contributed by atoms with Gasteiger partial charge >= 0.3 is 5.97 Å². The first kappa shape index (κ1) is 11.3. The van der Waals surface area contributed by atoms with Gasteiger partial charge in [0.05, 0.1) is 6.61 Å². The molecule has 78 valence electrons. The van der Waals surface area contributed by atoms with Crippen LogP contribution in [0.4, 0.5) is 0 Å². The number of carbonyl (C=O) groups is 1. The van der Waals surface area contributed by atoms with Crippen molar-refractivity contribution in [2.45, 2.75) is 20.0 Å². The number of carboxylic acid groups (broad SMARTS) is 1. The number of benzene rings is 1. The predicted molar refractivity (Wildman–Crippen MR) is 56.2 cm³/mol. The SMILES string of the molecule is Cc1cc(CO)ccc1C#CCC(=O)O. The van der Waals surface area contributed by atoms with E-state index >= 15 is 0 Å². The highest BCUT2D eigenvalue weighted by Gasteiger charge is 1.96. The third kappa shape index (κ3) is 3.45. The summed E-state index contributed by atoms with van der Waals surface area (Å²) in [7, 11) is 0. The van der Waals surface area contributed by atoms with Crippen molar-refractivity contribution in [3.05, 3.63) is 34.9 Å². The molecular formula is C12H12O3. The molecule has 0 saturated heterocycles. The van der Waals surface area contributed by atoms with Crippen molar-refractivity contribution in [3.63, 3.8) is 0 Å². The average Bonchev–Trinajstić information content (AvgIpc) is 2.20. The van der Waals surface area contributed by atoms with Crippen LogP contribution in [0.5, 0.6) is 0 Å². The van der Waals surface area contributed by atoms with E-state index in [0.717, 1.165) is 16.7 Å². The van der Waals surface area contributed by atoms with E-state index in [1.165, 1.54) is 0 Å². The number of aryl methyl sites for hydroxylation is 1. The van der Waals surface area contributed by atoms with Gasteiger partial charge in [-0.3, -0.25) is 4.79 Å². The van der Waals surface area contributed by atoms with E-state index in [1.807, 2.05) is 13.0 Å². The van der Waals surface area contributed by atoms with Crippen LogP contribution in [0, 0.1) is 18.8 Å². The fraction of sp³-hybridized carbons (Fsp3) is 0.250. The van der Waals surface area contributed by atoms with Crippen molar-refractivity contribution >= 4 is 5.97 Å². The molecule has 0 saturated carbocycles. The van der Waals surface area contributed by atoms with Crippen LogP contribution < -0.4 is 0 Å².